The molecule has 8 nitrogen and oxygen atoms in total. The predicted molar refractivity (Wildman–Crippen MR) is 103 cm³/mol. The molecule has 1 atom stereocenters. The first-order valence-corrected chi connectivity index (χ1v) is 10.2. The molecule has 1 aromatic rings. The Bertz CT molecular complexity index is 937. The molecule has 8 heteroatoms. The number of rotatable bonds is 4. The molecule has 2 bridgehead atoms. The van der Waals surface area contributed by atoms with Gasteiger partial charge in [-0.15, -0.1) is 0 Å². The summed E-state index contributed by atoms with van der Waals surface area (Å²) in [5.41, 5.74) is 7.61. The van der Waals surface area contributed by atoms with Gasteiger partial charge in [-0.25, -0.2) is 0 Å². The van der Waals surface area contributed by atoms with Gasteiger partial charge in [-0.05, 0) is 49.8 Å². The van der Waals surface area contributed by atoms with Gasteiger partial charge in [-0.1, -0.05) is 12.1 Å². The van der Waals surface area contributed by atoms with Crippen molar-refractivity contribution in [3.8, 4) is 0 Å². The summed E-state index contributed by atoms with van der Waals surface area (Å²) in [5, 5.41) is 2.23. The second-order valence-electron chi connectivity index (χ2n) is 8.70. The number of benzene rings is 1. The second kappa shape index (κ2) is 6.47. The number of hydrogen-bond acceptors (Lipinski definition) is 6. The highest BCUT2D eigenvalue weighted by molar-refractivity contribution is 6.24. The van der Waals surface area contributed by atoms with Crippen LogP contribution in [0.4, 0.5) is 0 Å². The first-order chi connectivity index (χ1) is 13.9. The monoisotopic (exact) mass is 396 g/mol. The summed E-state index contributed by atoms with van der Waals surface area (Å²) in [7, 11) is 0. The van der Waals surface area contributed by atoms with Gasteiger partial charge in [0.2, 0.25) is 11.8 Å². The summed E-state index contributed by atoms with van der Waals surface area (Å²) in [5.74, 6) is -1.12. The standard InChI is InChI=1S/C21H24N4O4/c22-11-21-8-12(9-21)6-7-24(21)10-13-2-1-3-14-17(13)20(29)25(19(14)28)15-4-5-16(26)23-18(15)27/h1-3,12,15H,4-11,22H2,(H,23,26,27). The molecule has 4 amide bonds. The lowest BCUT2D eigenvalue weighted by molar-refractivity contribution is -0.136. The Labute approximate surface area is 168 Å². The van der Waals surface area contributed by atoms with Crippen LogP contribution < -0.4 is 11.1 Å². The number of nitrogens with one attached hydrogen (secondary N) is 1. The summed E-state index contributed by atoms with van der Waals surface area (Å²) in [6.45, 7) is 2.09. The Morgan fingerprint density at radius 2 is 1.90 bits per heavy atom. The van der Waals surface area contributed by atoms with Crippen molar-refractivity contribution in [3.63, 3.8) is 0 Å². The van der Waals surface area contributed by atoms with Crippen LogP contribution in [0.3, 0.4) is 0 Å². The minimum Gasteiger partial charge on any atom is -0.329 e. The third-order valence-corrected chi connectivity index (χ3v) is 7.11. The molecule has 152 valence electrons. The summed E-state index contributed by atoms with van der Waals surface area (Å²) in [6, 6.07) is 4.37. The molecular weight excluding hydrogens is 372 g/mol. The molecule has 29 heavy (non-hydrogen) atoms. The van der Waals surface area contributed by atoms with Crippen LogP contribution in [0.5, 0.6) is 0 Å². The Kier molecular flexibility index (Phi) is 4.11. The van der Waals surface area contributed by atoms with Gasteiger partial charge in [0.25, 0.3) is 11.8 Å². The van der Waals surface area contributed by atoms with Gasteiger partial charge in [-0.2, -0.15) is 0 Å². The molecule has 0 radical (unpaired) electrons. The van der Waals surface area contributed by atoms with E-state index in [1.807, 2.05) is 6.07 Å². The molecule has 3 saturated heterocycles. The number of imide groups is 2. The van der Waals surface area contributed by atoms with Gasteiger partial charge in [0.05, 0.1) is 11.1 Å². The van der Waals surface area contributed by atoms with Crippen LogP contribution in [-0.2, 0) is 16.1 Å². The van der Waals surface area contributed by atoms with Crippen LogP contribution in [0.1, 0.15) is 58.4 Å². The fourth-order valence-corrected chi connectivity index (χ4v) is 5.52. The van der Waals surface area contributed by atoms with Gasteiger partial charge >= 0.3 is 0 Å². The maximum absolute atomic E-state index is 13.2. The topological polar surface area (TPSA) is 113 Å². The fourth-order valence-electron chi connectivity index (χ4n) is 5.52. The summed E-state index contributed by atoms with van der Waals surface area (Å²) < 4.78 is 0. The molecule has 0 spiro atoms. The van der Waals surface area contributed by atoms with E-state index in [0.29, 0.717) is 24.2 Å². The third kappa shape index (κ3) is 2.66. The number of carbonyl (C=O) groups excluding carboxylic acids is 4. The smallest absolute Gasteiger partial charge is 0.262 e. The highest BCUT2D eigenvalue weighted by Gasteiger charge is 2.51. The van der Waals surface area contributed by atoms with E-state index >= 15 is 0 Å². The van der Waals surface area contributed by atoms with Crippen molar-refractivity contribution in [1.82, 2.24) is 15.1 Å². The van der Waals surface area contributed by atoms with E-state index in [9.17, 15) is 19.2 Å². The maximum atomic E-state index is 13.2. The number of fused-ring (bicyclic) bond motifs is 3. The number of hydrogen-bond donors (Lipinski definition) is 2. The van der Waals surface area contributed by atoms with Crippen LogP contribution in [0.2, 0.25) is 0 Å². The van der Waals surface area contributed by atoms with Gasteiger partial charge in [-0.3, -0.25) is 34.3 Å². The Balaban J connectivity index is 1.45. The van der Waals surface area contributed by atoms with E-state index < -0.39 is 23.8 Å². The molecule has 3 N–H and O–H groups in total. The Morgan fingerprint density at radius 1 is 1.10 bits per heavy atom. The Morgan fingerprint density at radius 3 is 2.62 bits per heavy atom. The summed E-state index contributed by atoms with van der Waals surface area (Å²) in [4.78, 5) is 53.3. The molecule has 0 aromatic heterocycles. The van der Waals surface area contributed by atoms with E-state index in [0.717, 1.165) is 42.2 Å². The lowest BCUT2D eigenvalue weighted by Crippen LogP contribution is -2.65. The molecule has 4 aliphatic heterocycles. The molecular formula is C21H24N4O4. The molecule has 1 aromatic carbocycles. The van der Waals surface area contributed by atoms with E-state index in [4.69, 9.17) is 5.73 Å². The molecule has 4 heterocycles. The SMILES string of the molecule is NCC12CC(CCN1Cc1cccc3c1C(=O)N(C1CCC(=O)NC1=O)C3=O)C2. The lowest BCUT2D eigenvalue weighted by Gasteiger charge is -2.59. The number of piperidine rings is 3. The van der Waals surface area contributed by atoms with Gasteiger partial charge in [0.15, 0.2) is 0 Å². The second-order valence-corrected chi connectivity index (χ2v) is 8.70. The summed E-state index contributed by atoms with van der Waals surface area (Å²) >= 11 is 0. The van der Waals surface area contributed by atoms with Crippen molar-refractivity contribution in [3.05, 3.63) is 34.9 Å². The van der Waals surface area contributed by atoms with Gasteiger partial charge in [0.1, 0.15) is 6.04 Å². The van der Waals surface area contributed by atoms with Crippen LogP contribution >= 0.6 is 0 Å². The zero-order chi connectivity index (χ0) is 20.3. The van der Waals surface area contributed by atoms with Crippen molar-refractivity contribution in [2.24, 2.45) is 11.7 Å². The molecule has 1 saturated carbocycles. The molecule has 5 aliphatic rings. The van der Waals surface area contributed by atoms with Crippen molar-refractivity contribution in [2.45, 2.75) is 50.2 Å². The fraction of sp³-hybridized carbons (Fsp3) is 0.524. The van der Waals surface area contributed by atoms with Crippen molar-refractivity contribution in [1.29, 1.82) is 0 Å². The normalized spacial score (nSPS) is 31.6. The highest BCUT2D eigenvalue weighted by atomic mass is 16.2. The number of nitrogens with two attached hydrogens (primary N) is 1. The number of carbonyl (C=O) groups is 4. The predicted octanol–water partition coefficient (Wildman–Crippen LogP) is 0.401. The maximum Gasteiger partial charge on any atom is 0.262 e. The first kappa shape index (κ1) is 18.4. The minimum atomic E-state index is -0.939. The quantitative estimate of drug-likeness (QED) is 0.713. The van der Waals surface area contributed by atoms with Crippen molar-refractivity contribution >= 4 is 23.6 Å². The van der Waals surface area contributed by atoms with E-state index in [-0.39, 0.29) is 24.3 Å². The largest absolute Gasteiger partial charge is 0.329 e. The van der Waals surface area contributed by atoms with E-state index in [2.05, 4.69) is 10.2 Å². The van der Waals surface area contributed by atoms with Crippen LogP contribution in [0.25, 0.3) is 0 Å². The lowest BCUT2D eigenvalue weighted by atomic mass is 9.62. The van der Waals surface area contributed by atoms with Crippen LogP contribution in [0, 0.1) is 5.92 Å². The molecule has 6 rings (SSSR count). The van der Waals surface area contributed by atoms with E-state index in [1.54, 1.807) is 12.1 Å². The van der Waals surface area contributed by atoms with Crippen molar-refractivity contribution in [2.75, 3.05) is 13.1 Å². The third-order valence-electron chi connectivity index (χ3n) is 7.11. The van der Waals surface area contributed by atoms with Crippen LogP contribution in [-0.4, -0.2) is 58.1 Å². The average Bonchev–Trinajstić information content (AvgIpc) is 2.93. The molecule has 1 aliphatic carbocycles. The number of nitrogens with zero attached hydrogens (tertiary/aromatic N) is 2. The number of amides is 4. The summed E-state index contributed by atoms with van der Waals surface area (Å²) in [6.07, 6.45) is 3.59. The Hall–Kier alpha value is -2.58. The first-order valence-electron chi connectivity index (χ1n) is 10.2. The van der Waals surface area contributed by atoms with E-state index in [1.165, 1.54) is 0 Å². The van der Waals surface area contributed by atoms with Gasteiger partial charge in [0, 0.05) is 25.0 Å². The molecule has 1 unspecified atom stereocenters. The highest BCUT2D eigenvalue weighted by Crippen LogP contribution is 2.49. The van der Waals surface area contributed by atoms with Gasteiger partial charge < -0.3 is 5.73 Å². The zero-order valence-corrected chi connectivity index (χ0v) is 16.1. The average molecular weight is 396 g/mol. The minimum absolute atomic E-state index is 0.000602. The van der Waals surface area contributed by atoms with Crippen LogP contribution in [0.15, 0.2) is 18.2 Å². The molecule has 4 fully saturated rings. The van der Waals surface area contributed by atoms with Crippen molar-refractivity contribution < 1.29 is 19.2 Å². The zero-order valence-electron chi connectivity index (χ0n) is 16.1.